The van der Waals surface area contributed by atoms with Crippen molar-refractivity contribution in [1.29, 1.82) is 0 Å². The van der Waals surface area contributed by atoms with Crippen LogP contribution in [0.25, 0.3) is 0 Å². The first-order valence-corrected chi connectivity index (χ1v) is 5.98. The van der Waals surface area contributed by atoms with Gasteiger partial charge in [0.1, 0.15) is 0 Å². The van der Waals surface area contributed by atoms with Gasteiger partial charge in [0.05, 0.1) is 0 Å². The molecule has 0 atom stereocenters. The van der Waals surface area contributed by atoms with E-state index in [0.29, 0.717) is 0 Å². The molecule has 0 fully saturated rings. The first kappa shape index (κ1) is 12.3. The van der Waals surface area contributed by atoms with Gasteiger partial charge in [0.25, 0.3) is 6.92 Å². The molecule has 0 saturated heterocycles. The maximum absolute atomic E-state index is 9.17. The summed E-state index contributed by atoms with van der Waals surface area (Å²) in [6.07, 6.45) is 5.44. The average molecular weight is 204 g/mol. The Kier molecular flexibility index (Phi) is 5.48. The fourth-order valence-corrected chi connectivity index (χ4v) is 1.83. The van der Waals surface area contributed by atoms with E-state index in [1.165, 1.54) is 24.0 Å². The highest BCUT2D eigenvalue weighted by Gasteiger charge is 2.02. The molecule has 1 N–H and O–H groups in total. The SMILES string of the molecule is CCCc1cccc(CCCB(C)O)c1. The van der Waals surface area contributed by atoms with Gasteiger partial charge in [0, 0.05) is 0 Å². The van der Waals surface area contributed by atoms with Crippen LogP contribution in [-0.2, 0) is 12.8 Å². The summed E-state index contributed by atoms with van der Waals surface area (Å²) in [5, 5.41) is 9.17. The fraction of sp³-hybridized carbons (Fsp3) is 0.538. The van der Waals surface area contributed by atoms with Crippen LogP contribution in [0.3, 0.4) is 0 Å². The predicted octanol–water partition coefficient (Wildman–Crippen LogP) is 3.19. The number of hydrogen-bond donors (Lipinski definition) is 1. The van der Waals surface area contributed by atoms with Gasteiger partial charge in [-0.05, 0) is 30.3 Å². The maximum atomic E-state index is 9.17. The zero-order valence-corrected chi connectivity index (χ0v) is 9.87. The van der Waals surface area contributed by atoms with Crippen molar-refractivity contribution in [2.75, 3.05) is 0 Å². The Morgan fingerprint density at radius 2 is 1.87 bits per heavy atom. The summed E-state index contributed by atoms with van der Waals surface area (Å²) in [7, 11) is 0. The van der Waals surface area contributed by atoms with Crippen LogP contribution in [0.2, 0.25) is 13.1 Å². The quantitative estimate of drug-likeness (QED) is 0.705. The minimum atomic E-state index is -0.163. The molecular formula is C13H21BO. The van der Waals surface area contributed by atoms with Crippen molar-refractivity contribution in [3.63, 3.8) is 0 Å². The van der Waals surface area contributed by atoms with Gasteiger partial charge in [-0.15, -0.1) is 0 Å². The first-order valence-electron chi connectivity index (χ1n) is 5.98. The lowest BCUT2D eigenvalue weighted by molar-refractivity contribution is 0.572. The summed E-state index contributed by atoms with van der Waals surface area (Å²) >= 11 is 0. The van der Waals surface area contributed by atoms with Crippen molar-refractivity contribution in [3.8, 4) is 0 Å². The smallest absolute Gasteiger partial charge is 0.285 e. The van der Waals surface area contributed by atoms with E-state index in [-0.39, 0.29) is 6.92 Å². The molecule has 0 saturated carbocycles. The first-order chi connectivity index (χ1) is 7.22. The Morgan fingerprint density at radius 1 is 1.20 bits per heavy atom. The second-order valence-corrected chi connectivity index (χ2v) is 4.31. The van der Waals surface area contributed by atoms with Crippen LogP contribution >= 0.6 is 0 Å². The molecule has 0 amide bonds. The van der Waals surface area contributed by atoms with E-state index in [9.17, 15) is 0 Å². The van der Waals surface area contributed by atoms with E-state index in [1.807, 2.05) is 6.82 Å². The van der Waals surface area contributed by atoms with Crippen molar-refractivity contribution >= 4 is 6.92 Å². The summed E-state index contributed by atoms with van der Waals surface area (Å²) in [4.78, 5) is 0. The molecule has 0 radical (unpaired) electrons. The minimum Gasteiger partial charge on any atom is -0.451 e. The van der Waals surface area contributed by atoms with E-state index in [4.69, 9.17) is 5.02 Å². The zero-order valence-electron chi connectivity index (χ0n) is 9.87. The molecule has 0 bridgehead atoms. The highest BCUT2D eigenvalue weighted by Crippen LogP contribution is 2.11. The Morgan fingerprint density at radius 3 is 2.47 bits per heavy atom. The van der Waals surface area contributed by atoms with E-state index >= 15 is 0 Å². The van der Waals surface area contributed by atoms with Gasteiger partial charge in [-0.2, -0.15) is 0 Å². The molecule has 0 aliphatic carbocycles. The molecule has 2 heteroatoms. The Hall–Kier alpha value is -0.755. The molecule has 0 heterocycles. The average Bonchev–Trinajstić information content (AvgIpc) is 2.18. The summed E-state index contributed by atoms with van der Waals surface area (Å²) in [5.74, 6) is 0. The van der Waals surface area contributed by atoms with Gasteiger partial charge in [0.15, 0.2) is 0 Å². The number of hydrogen-bond acceptors (Lipinski definition) is 1. The van der Waals surface area contributed by atoms with Gasteiger partial charge in [-0.3, -0.25) is 0 Å². The molecular weight excluding hydrogens is 183 g/mol. The predicted molar refractivity (Wildman–Crippen MR) is 67.4 cm³/mol. The molecule has 1 rings (SSSR count). The molecule has 82 valence electrons. The topological polar surface area (TPSA) is 20.2 Å². The largest absolute Gasteiger partial charge is 0.451 e. The molecule has 1 nitrogen and oxygen atoms in total. The van der Waals surface area contributed by atoms with Crippen LogP contribution in [0.5, 0.6) is 0 Å². The van der Waals surface area contributed by atoms with Crippen molar-refractivity contribution in [1.82, 2.24) is 0 Å². The van der Waals surface area contributed by atoms with E-state index in [1.54, 1.807) is 0 Å². The summed E-state index contributed by atoms with van der Waals surface area (Å²) in [6.45, 7) is 3.90. The van der Waals surface area contributed by atoms with Crippen LogP contribution in [-0.4, -0.2) is 11.9 Å². The third-order valence-corrected chi connectivity index (χ3v) is 2.62. The van der Waals surface area contributed by atoms with Crippen LogP contribution in [0.4, 0.5) is 0 Å². The van der Waals surface area contributed by atoms with Crippen LogP contribution in [0.15, 0.2) is 24.3 Å². The van der Waals surface area contributed by atoms with Gasteiger partial charge in [-0.1, -0.05) is 50.9 Å². The van der Waals surface area contributed by atoms with Crippen molar-refractivity contribution < 1.29 is 5.02 Å². The standard InChI is InChI=1S/C13H21BO/c1-3-6-12-7-4-8-13(11-12)9-5-10-14(2)15/h4,7-8,11,15H,3,5-6,9-10H2,1-2H3. The molecule has 15 heavy (non-hydrogen) atoms. The number of aryl methyl sites for hydroxylation is 2. The Balaban J connectivity index is 2.43. The summed E-state index contributed by atoms with van der Waals surface area (Å²) in [5.41, 5.74) is 2.84. The molecule has 0 aromatic heterocycles. The van der Waals surface area contributed by atoms with Crippen LogP contribution in [0, 0.1) is 0 Å². The monoisotopic (exact) mass is 204 g/mol. The molecule has 0 aliphatic rings. The normalized spacial score (nSPS) is 10.3. The van der Waals surface area contributed by atoms with Crippen LogP contribution in [0.1, 0.15) is 30.9 Å². The maximum Gasteiger partial charge on any atom is 0.285 e. The molecule has 1 aromatic carbocycles. The summed E-state index contributed by atoms with van der Waals surface area (Å²) < 4.78 is 0. The third kappa shape index (κ3) is 5.03. The van der Waals surface area contributed by atoms with E-state index in [0.717, 1.165) is 19.2 Å². The van der Waals surface area contributed by atoms with Gasteiger partial charge < -0.3 is 5.02 Å². The highest BCUT2D eigenvalue weighted by molar-refractivity contribution is 6.48. The van der Waals surface area contributed by atoms with Gasteiger partial charge in [0.2, 0.25) is 0 Å². The minimum absolute atomic E-state index is 0.163. The fourth-order valence-electron chi connectivity index (χ4n) is 1.83. The second-order valence-electron chi connectivity index (χ2n) is 4.31. The van der Waals surface area contributed by atoms with E-state index in [2.05, 4.69) is 31.2 Å². The lowest BCUT2D eigenvalue weighted by Crippen LogP contribution is -2.04. The van der Waals surface area contributed by atoms with Gasteiger partial charge in [-0.25, -0.2) is 0 Å². The molecule has 0 spiro atoms. The second kappa shape index (κ2) is 6.68. The van der Waals surface area contributed by atoms with Crippen molar-refractivity contribution in [3.05, 3.63) is 35.4 Å². The zero-order chi connectivity index (χ0) is 11.1. The molecule has 0 aliphatic heterocycles. The molecule has 1 aromatic rings. The number of rotatable bonds is 6. The number of benzene rings is 1. The van der Waals surface area contributed by atoms with E-state index < -0.39 is 0 Å². The lowest BCUT2D eigenvalue weighted by Gasteiger charge is -2.04. The third-order valence-electron chi connectivity index (χ3n) is 2.62. The highest BCUT2D eigenvalue weighted by atomic mass is 16.2. The summed E-state index contributed by atoms with van der Waals surface area (Å²) in [6, 6.07) is 8.82. The molecule has 0 unspecified atom stereocenters. The Labute approximate surface area is 93.6 Å². The van der Waals surface area contributed by atoms with Crippen molar-refractivity contribution in [2.24, 2.45) is 0 Å². The van der Waals surface area contributed by atoms with Crippen molar-refractivity contribution in [2.45, 2.75) is 45.8 Å². The van der Waals surface area contributed by atoms with Gasteiger partial charge >= 0.3 is 0 Å². The lowest BCUT2D eigenvalue weighted by atomic mass is 9.67. The van der Waals surface area contributed by atoms with Crippen LogP contribution < -0.4 is 0 Å². The Bertz CT molecular complexity index is 284.